The molecule has 7 aromatic carbocycles. The van der Waals surface area contributed by atoms with Crippen LogP contribution in [0.2, 0.25) is 0 Å². The zero-order chi connectivity index (χ0) is 99.2. The van der Waals surface area contributed by atoms with Crippen molar-refractivity contribution in [3.8, 4) is 114 Å². The highest BCUT2D eigenvalue weighted by Gasteiger charge is 2.27. The minimum absolute atomic E-state index is 0.240. The van der Waals surface area contributed by atoms with E-state index in [9.17, 15) is 17.6 Å². The molecular weight excluding hydrogens is 1830 g/mol. The van der Waals surface area contributed by atoms with Crippen molar-refractivity contribution in [2.45, 2.75) is 82.4 Å². The van der Waals surface area contributed by atoms with Crippen molar-refractivity contribution in [1.29, 1.82) is 0 Å². The highest BCUT2D eigenvalue weighted by molar-refractivity contribution is 7.98. The molecule has 21 rings (SSSR count). The third kappa shape index (κ3) is 23.5. The van der Waals surface area contributed by atoms with Crippen LogP contribution in [0.1, 0.15) is 64.6 Å². The Hall–Kier alpha value is -16.1. The van der Waals surface area contributed by atoms with Gasteiger partial charge in [-0.2, -0.15) is 0 Å². The molecule has 0 atom stereocenters. The van der Waals surface area contributed by atoms with Crippen LogP contribution >= 0.6 is 11.8 Å². The minimum atomic E-state index is -0.296. The van der Waals surface area contributed by atoms with Gasteiger partial charge in [-0.05, 0) is 309 Å². The molecule has 0 bridgehead atoms. The lowest BCUT2D eigenvalue weighted by Gasteiger charge is -2.13. The number of hydrogen-bond acceptors (Lipinski definition) is 25. The number of pyridine rings is 4. The maximum atomic E-state index is 13.7. The van der Waals surface area contributed by atoms with Crippen LogP contribution in [0.15, 0.2) is 285 Å². The fourth-order valence-electron chi connectivity index (χ4n) is 17.4. The molecule has 12 aromatic heterocycles. The number of ether oxygens (including phenoxy) is 4. The summed E-state index contributed by atoms with van der Waals surface area (Å²) in [5.74, 6) is 3.90. The topological polar surface area (TPSA) is 270 Å². The van der Waals surface area contributed by atoms with Crippen LogP contribution in [0.4, 0.5) is 41.4 Å². The molecule has 0 unspecified atom stereocenters. The molecule has 1 fully saturated rings. The van der Waals surface area contributed by atoms with E-state index in [2.05, 4.69) is 132 Å². The number of hydrogen-bond donors (Lipinski definition) is 4. The predicted molar refractivity (Wildman–Crippen MR) is 554 cm³/mol. The fraction of sp³-hybridized carbons (Fsp3) is 0.218. The lowest BCUT2D eigenvalue weighted by molar-refractivity contribution is 0.174. The van der Waals surface area contributed by atoms with E-state index in [-0.39, 0.29) is 30.1 Å². The molecular formula is C110H108F4N24O4S. The van der Waals surface area contributed by atoms with Crippen molar-refractivity contribution >= 4 is 58.1 Å². The number of fused-ring (bicyclic) bond motifs is 5. The average Bonchev–Trinajstić information content (AvgIpc) is 1.63. The molecule has 28 nitrogen and oxygen atoms in total. The molecule has 0 saturated heterocycles. The van der Waals surface area contributed by atoms with Gasteiger partial charge in [0.05, 0.1) is 82.5 Å². The van der Waals surface area contributed by atoms with Crippen molar-refractivity contribution in [1.82, 2.24) is 97.0 Å². The lowest BCUT2D eigenvalue weighted by Crippen LogP contribution is -2.16. The standard InChI is InChI=1S/C29H29FN6O2.C28H25FN6O2.C28H27FN6S.C25H27FN6/c1-35(2)18-19-12-14-36-26(15-19)34-27(20-5-8-22(30)9-6-20)28(36)24-11-13-31-29(33-24)32-17-21-7-10-23(37-3)16-25(21)38-4;1-34(2)16-19-10-12-35-25(14-19)33-26(20-4-6-21(29)7-5-20)27(35)22-9-11-30-28(32-22)31-15-18-3-8-23-24(13-18)37-17-36-23;1-34(2)18-19-13-15-35-25(16-19)33-26(20-8-10-22(29)11-9-20)27(35)23-12-14-30-28(32-23)31-17-21-6-4-5-7-24(21)36-3;1-31(2)16-17-12-14-32-22(15-17)30-23(18-7-9-19(26)10-8-18)24(32)21-11-13-27-25(29-21)28-20-5-3-4-6-20/h5-16H,17-18H2,1-4H3,(H,31,32,33);3-14H,15-17H2,1-2H3,(H,30,31,32);4-16H,17-18H2,1-3H3,(H,30,31,32);7-15,20H,3-6,16H2,1-2H3,(H,27,28,29). The molecule has 0 spiro atoms. The van der Waals surface area contributed by atoms with Gasteiger partial charge in [-0.15, -0.1) is 11.8 Å². The summed E-state index contributed by atoms with van der Waals surface area (Å²) in [5.41, 5.74) is 23.5. The lowest BCUT2D eigenvalue weighted by atomic mass is 10.1. The summed E-state index contributed by atoms with van der Waals surface area (Å²) in [7, 11) is 19.5. The van der Waals surface area contributed by atoms with Crippen molar-refractivity contribution in [2.75, 3.05) is 105 Å². The van der Waals surface area contributed by atoms with Crippen LogP contribution in [0.5, 0.6) is 23.0 Å². The van der Waals surface area contributed by atoms with Crippen LogP contribution in [0.3, 0.4) is 0 Å². The summed E-state index contributed by atoms with van der Waals surface area (Å²) in [6, 6.07) is 69.9. The molecule has 0 radical (unpaired) electrons. The number of thioether (sulfide) groups is 1. The monoisotopic (exact) mass is 1940 g/mol. The SMILES string of the molecule is CN(C)Cc1ccn2c(-c3ccnc(NC4CCCC4)n3)c(-c3ccc(F)cc3)nc2c1.CN(C)Cc1ccn2c(-c3ccnc(NCc4ccc5c(c4)OCO5)n3)c(-c3ccc(F)cc3)nc2c1.COc1ccc(CNc2nccc(-c3c(-c4ccc(F)cc4)nc4cc(CN(C)C)ccn34)n2)c(OC)c1.CSc1ccccc1CNc1nccc(-c2c(-c3ccc(F)cc3)nc3cc(CN(C)C)ccn23)n1. The molecule has 1 saturated carbocycles. The normalized spacial score (nSPS) is 12.3. The van der Waals surface area contributed by atoms with E-state index >= 15 is 0 Å². The number of halogens is 4. The third-order valence-corrected chi connectivity index (χ3v) is 24.8. The molecule has 19 aromatic rings. The Bertz CT molecular complexity index is 7670. The summed E-state index contributed by atoms with van der Waals surface area (Å²) in [4.78, 5) is 66.4. The molecule has 13 heterocycles. The Kier molecular flexibility index (Phi) is 30.3. The van der Waals surface area contributed by atoms with Crippen molar-refractivity contribution in [2.24, 2.45) is 0 Å². The largest absolute Gasteiger partial charge is 0.497 e. The van der Waals surface area contributed by atoms with E-state index in [0.717, 1.165) is 180 Å². The first-order chi connectivity index (χ1) is 69.6. The molecule has 2 aliphatic rings. The Morgan fingerprint density at radius 3 is 1.08 bits per heavy atom. The summed E-state index contributed by atoms with van der Waals surface area (Å²) in [6.07, 6.45) is 21.9. The number of aromatic nitrogens is 16. The highest BCUT2D eigenvalue weighted by Crippen LogP contribution is 2.41. The number of methoxy groups -OCH3 is 2. The first kappa shape index (κ1) is 97.2. The van der Waals surface area contributed by atoms with Gasteiger partial charge >= 0.3 is 0 Å². The fourth-order valence-corrected chi connectivity index (χ4v) is 18.0. The van der Waals surface area contributed by atoms with Gasteiger partial charge in [0, 0.05) is 140 Å². The van der Waals surface area contributed by atoms with E-state index in [4.69, 9.17) is 58.8 Å². The van der Waals surface area contributed by atoms with Crippen LogP contribution < -0.4 is 40.2 Å². The third-order valence-electron chi connectivity index (χ3n) is 24.0. The van der Waals surface area contributed by atoms with Gasteiger partial charge in [0.1, 0.15) is 57.4 Å². The molecule has 33 heteroatoms. The van der Waals surface area contributed by atoms with Gasteiger partial charge in [0.25, 0.3) is 0 Å². The Labute approximate surface area is 830 Å². The second-order valence-electron chi connectivity index (χ2n) is 35.7. The zero-order valence-corrected chi connectivity index (χ0v) is 81.9. The predicted octanol–water partition coefficient (Wildman–Crippen LogP) is 21.3. The summed E-state index contributed by atoms with van der Waals surface area (Å²) in [5, 5.41) is 13.4. The van der Waals surface area contributed by atoms with Gasteiger partial charge in [0.15, 0.2) is 11.5 Å². The summed E-state index contributed by atoms with van der Waals surface area (Å²) < 4.78 is 84.4. The molecule has 726 valence electrons. The molecule has 1 aliphatic heterocycles. The number of rotatable bonds is 30. The van der Waals surface area contributed by atoms with Crippen LogP contribution in [-0.2, 0) is 45.8 Å². The smallest absolute Gasteiger partial charge is 0.231 e. The Balaban J connectivity index is 0.000000126. The van der Waals surface area contributed by atoms with Gasteiger partial charge in [0.2, 0.25) is 30.6 Å². The highest BCUT2D eigenvalue weighted by atomic mass is 32.2. The van der Waals surface area contributed by atoms with Gasteiger partial charge < -0.3 is 59.8 Å². The van der Waals surface area contributed by atoms with E-state index in [0.29, 0.717) is 72.3 Å². The number of nitrogens with one attached hydrogen (secondary N) is 4. The maximum Gasteiger partial charge on any atom is 0.231 e. The first-order valence-corrected chi connectivity index (χ1v) is 48.0. The van der Waals surface area contributed by atoms with E-state index in [1.807, 2.05) is 167 Å². The minimum Gasteiger partial charge on any atom is -0.497 e. The number of imidazole rings is 4. The number of anilines is 4. The Morgan fingerprint density at radius 1 is 0.357 bits per heavy atom. The Morgan fingerprint density at radius 2 is 0.713 bits per heavy atom. The second-order valence-corrected chi connectivity index (χ2v) is 36.5. The van der Waals surface area contributed by atoms with Crippen LogP contribution in [0.25, 0.3) is 113 Å². The van der Waals surface area contributed by atoms with Crippen LogP contribution in [-0.4, -0.2) is 187 Å². The van der Waals surface area contributed by atoms with Crippen molar-refractivity contribution in [3.05, 3.63) is 342 Å². The maximum absolute atomic E-state index is 13.7. The van der Waals surface area contributed by atoms with E-state index in [1.165, 1.54) is 77.4 Å². The van der Waals surface area contributed by atoms with Gasteiger partial charge in [-0.1, -0.05) is 37.1 Å². The first-order valence-electron chi connectivity index (χ1n) is 46.8. The van der Waals surface area contributed by atoms with Gasteiger partial charge in [-0.25, -0.2) is 77.4 Å². The second kappa shape index (κ2) is 44.6. The number of nitrogens with zero attached hydrogens (tertiary/aromatic N) is 20. The van der Waals surface area contributed by atoms with E-state index in [1.54, 1.807) is 99.3 Å². The summed E-state index contributed by atoms with van der Waals surface area (Å²) >= 11 is 1.72. The molecule has 143 heavy (non-hydrogen) atoms. The van der Waals surface area contributed by atoms with Crippen molar-refractivity contribution < 1.29 is 36.5 Å². The molecule has 0 amide bonds. The van der Waals surface area contributed by atoms with Crippen LogP contribution in [0, 0.1) is 23.3 Å². The number of benzene rings is 7. The average molecular weight is 1940 g/mol. The van der Waals surface area contributed by atoms with Crippen molar-refractivity contribution in [3.63, 3.8) is 0 Å². The quantitative estimate of drug-likeness (QED) is 0.0241. The molecule has 4 N–H and O–H groups in total. The zero-order valence-electron chi connectivity index (χ0n) is 81.1. The summed E-state index contributed by atoms with van der Waals surface area (Å²) in [6.45, 7) is 5.06. The molecule has 1 aliphatic carbocycles. The van der Waals surface area contributed by atoms with Gasteiger partial charge in [-0.3, -0.25) is 17.6 Å². The van der Waals surface area contributed by atoms with E-state index < -0.39 is 0 Å².